The highest BCUT2D eigenvalue weighted by Gasteiger charge is 2.22. The third-order valence-electron chi connectivity index (χ3n) is 3.01. The van der Waals surface area contributed by atoms with Gasteiger partial charge in [-0.05, 0) is 32.7 Å². The summed E-state index contributed by atoms with van der Waals surface area (Å²) < 4.78 is 0. The summed E-state index contributed by atoms with van der Waals surface area (Å²) in [7, 11) is 0. The molecule has 0 aromatic carbocycles. The highest BCUT2D eigenvalue weighted by atomic mass is 16.2. The molecule has 1 fully saturated rings. The van der Waals surface area contributed by atoms with Gasteiger partial charge in [-0.1, -0.05) is 26.2 Å². The van der Waals surface area contributed by atoms with Crippen molar-refractivity contribution in [3.8, 4) is 0 Å². The average Bonchev–Trinajstić information content (AvgIpc) is 2.70. The highest BCUT2D eigenvalue weighted by Crippen LogP contribution is 2.07. The Morgan fingerprint density at radius 2 is 2.33 bits per heavy atom. The van der Waals surface area contributed by atoms with Crippen LogP contribution in [0.4, 0.5) is 0 Å². The van der Waals surface area contributed by atoms with Crippen LogP contribution in [0.5, 0.6) is 0 Å². The zero-order chi connectivity index (χ0) is 11.1. The molecule has 0 aromatic heterocycles. The monoisotopic (exact) mass is 212 g/mol. The molecule has 1 amide bonds. The lowest BCUT2D eigenvalue weighted by atomic mass is 10.1. The van der Waals surface area contributed by atoms with E-state index in [-0.39, 0.29) is 11.9 Å². The van der Waals surface area contributed by atoms with Gasteiger partial charge in [0.1, 0.15) is 0 Å². The standard InChI is InChI=1S/C12H24N2O/c1-3-4-5-7-10(2)14-12(15)11-8-6-9-13-11/h10-11,13H,3-9H2,1-2H3,(H,14,15)/t10-,11-/m1/s1. The Bertz CT molecular complexity index is 188. The van der Waals surface area contributed by atoms with Gasteiger partial charge in [0.15, 0.2) is 0 Å². The molecule has 2 N–H and O–H groups in total. The lowest BCUT2D eigenvalue weighted by molar-refractivity contribution is -0.123. The van der Waals surface area contributed by atoms with Crippen molar-refractivity contribution < 1.29 is 4.79 Å². The first-order valence-corrected chi connectivity index (χ1v) is 6.27. The Balaban J connectivity index is 2.13. The Morgan fingerprint density at radius 3 is 2.93 bits per heavy atom. The smallest absolute Gasteiger partial charge is 0.237 e. The van der Waals surface area contributed by atoms with E-state index in [0.717, 1.165) is 25.8 Å². The molecule has 0 unspecified atom stereocenters. The summed E-state index contributed by atoms with van der Waals surface area (Å²) in [5.41, 5.74) is 0. The van der Waals surface area contributed by atoms with Gasteiger partial charge in [-0.2, -0.15) is 0 Å². The zero-order valence-corrected chi connectivity index (χ0v) is 10.0. The Labute approximate surface area is 93.0 Å². The fourth-order valence-electron chi connectivity index (χ4n) is 2.02. The lowest BCUT2D eigenvalue weighted by Gasteiger charge is -2.17. The maximum atomic E-state index is 11.7. The van der Waals surface area contributed by atoms with Crippen molar-refractivity contribution in [1.29, 1.82) is 0 Å². The molecule has 1 aliphatic heterocycles. The van der Waals surface area contributed by atoms with Crippen molar-refractivity contribution in [2.75, 3.05) is 6.54 Å². The van der Waals surface area contributed by atoms with E-state index in [9.17, 15) is 4.79 Å². The Kier molecular flexibility index (Phi) is 5.69. The second-order valence-corrected chi connectivity index (χ2v) is 4.55. The van der Waals surface area contributed by atoms with Gasteiger partial charge in [0, 0.05) is 6.04 Å². The molecular formula is C12H24N2O. The normalized spacial score (nSPS) is 22.7. The molecule has 1 rings (SSSR count). The summed E-state index contributed by atoms with van der Waals surface area (Å²) in [4.78, 5) is 11.7. The summed E-state index contributed by atoms with van der Waals surface area (Å²) in [5, 5.41) is 6.30. The van der Waals surface area contributed by atoms with Crippen LogP contribution >= 0.6 is 0 Å². The molecule has 0 saturated carbocycles. The average molecular weight is 212 g/mol. The minimum atomic E-state index is 0.0682. The molecule has 0 aliphatic carbocycles. The summed E-state index contributed by atoms with van der Waals surface area (Å²) in [6, 6.07) is 0.394. The third kappa shape index (κ3) is 4.65. The minimum absolute atomic E-state index is 0.0682. The van der Waals surface area contributed by atoms with E-state index in [1.165, 1.54) is 19.3 Å². The summed E-state index contributed by atoms with van der Waals surface area (Å²) in [6.07, 6.45) is 6.95. The molecule has 3 nitrogen and oxygen atoms in total. The maximum Gasteiger partial charge on any atom is 0.237 e. The Morgan fingerprint density at radius 1 is 1.53 bits per heavy atom. The first-order valence-electron chi connectivity index (χ1n) is 6.27. The largest absolute Gasteiger partial charge is 0.352 e. The highest BCUT2D eigenvalue weighted by molar-refractivity contribution is 5.82. The van der Waals surface area contributed by atoms with Crippen LogP contribution in [0, 0.1) is 0 Å². The number of unbranched alkanes of at least 4 members (excludes halogenated alkanes) is 2. The van der Waals surface area contributed by atoms with Crippen LogP contribution in [-0.4, -0.2) is 24.5 Å². The van der Waals surface area contributed by atoms with Crippen molar-refractivity contribution in [3.63, 3.8) is 0 Å². The van der Waals surface area contributed by atoms with E-state index in [1.54, 1.807) is 0 Å². The number of nitrogens with one attached hydrogen (secondary N) is 2. The molecule has 3 heteroatoms. The van der Waals surface area contributed by atoms with Crippen LogP contribution in [-0.2, 0) is 4.79 Å². The van der Waals surface area contributed by atoms with Crippen molar-refractivity contribution in [2.45, 2.75) is 64.5 Å². The van der Waals surface area contributed by atoms with E-state index in [0.29, 0.717) is 6.04 Å². The van der Waals surface area contributed by atoms with Gasteiger partial charge in [-0.15, -0.1) is 0 Å². The summed E-state index contributed by atoms with van der Waals surface area (Å²) >= 11 is 0. The van der Waals surface area contributed by atoms with Crippen molar-refractivity contribution in [3.05, 3.63) is 0 Å². The molecule has 15 heavy (non-hydrogen) atoms. The predicted octanol–water partition coefficient (Wildman–Crippen LogP) is 1.82. The third-order valence-corrected chi connectivity index (χ3v) is 3.01. The zero-order valence-electron chi connectivity index (χ0n) is 10.0. The predicted molar refractivity (Wildman–Crippen MR) is 62.8 cm³/mol. The van der Waals surface area contributed by atoms with E-state index in [2.05, 4.69) is 24.5 Å². The van der Waals surface area contributed by atoms with Crippen LogP contribution in [0.1, 0.15) is 52.4 Å². The fraction of sp³-hybridized carbons (Fsp3) is 0.917. The van der Waals surface area contributed by atoms with Gasteiger partial charge >= 0.3 is 0 Å². The fourth-order valence-corrected chi connectivity index (χ4v) is 2.02. The molecular weight excluding hydrogens is 188 g/mol. The first-order chi connectivity index (χ1) is 7.24. The van der Waals surface area contributed by atoms with Gasteiger partial charge in [0.05, 0.1) is 6.04 Å². The number of rotatable bonds is 6. The lowest BCUT2D eigenvalue weighted by Crippen LogP contribution is -2.44. The molecule has 1 heterocycles. The quantitative estimate of drug-likeness (QED) is 0.659. The molecule has 1 aliphatic rings. The number of hydrogen-bond acceptors (Lipinski definition) is 2. The van der Waals surface area contributed by atoms with Gasteiger partial charge in [-0.25, -0.2) is 0 Å². The number of hydrogen-bond donors (Lipinski definition) is 2. The SMILES string of the molecule is CCCCC[C@@H](C)NC(=O)[C@H]1CCCN1. The topological polar surface area (TPSA) is 41.1 Å². The van der Waals surface area contributed by atoms with Crippen molar-refractivity contribution in [1.82, 2.24) is 10.6 Å². The van der Waals surface area contributed by atoms with Crippen LogP contribution in [0.3, 0.4) is 0 Å². The van der Waals surface area contributed by atoms with Crippen LogP contribution in [0.15, 0.2) is 0 Å². The second kappa shape index (κ2) is 6.83. The summed E-state index contributed by atoms with van der Waals surface area (Å²) in [5.74, 6) is 0.191. The number of carbonyl (C=O) groups is 1. The first kappa shape index (κ1) is 12.5. The second-order valence-electron chi connectivity index (χ2n) is 4.55. The summed E-state index contributed by atoms with van der Waals surface area (Å²) in [6.45, 7) is 5.29. The van der Waals surface area contributed by atoms with Gasteiger partial charge in [0.25, 0.3) is 0 Å². The van der Waals surface area contributed by atoms with Crippen molar-refractivity contribution in [2.24, 2.45) is 0 Å². The molecule has 0 aromatic rings. The van der Waals surface area contributed by atoms with Gasteiger partial charge < -0.3 is 10.6 Å². The van der Waals surface area contributed by atoms with E-state index >= 15 is 0 Å². The number of amides is 1. The van der Waals surface area contributed by atoms with Crippen molar-refractivity contribution >= 4 is 5.91 Å². The molecule has 0 radical (unpaired) electrons. The van der Waals surface area contributed by atoms with E-state index in [1.807, 2.05) is 0 Å². The molecule has 2 atom stereocenters. The van der Waals surface area contributed by atoms with E-state index in [4.69, 9.17) is 0 Å². The molecule has 0 bridgehead atoms. The molecule has 1 saturated heterocycles. The van der Waals surface area contributed by atoms with Crippen LogP contribution in [0.25, 0.3) is 0 Å². The van der Waals surface area contributed by atoms with Crippen LogP contribution < -0.4 is 10.6 Å². The molecule has 88 valence electrons. The molecule has 0 spiro atoms. The Hall–Kier alpha value is -0.570. The van der Waals surface area contributed by atoms with E-state index < -0.39 is 0 Å². The number of carbonyl (C=O) groups excluding carboxylic acids is 1. The van der Waals surface area contributed by atoms with Gasteiger partial charge in [-0.3, -0.25) is 4.79 Å². The van der Waals surface area contributed by atoms with Crippen LogP contribution in [0.2, 0.25) is 0 Å². The van der Waals surface area contributed by atoms with Gasteiger partial charge in [0.2, 0.25) is 5.91 Å². The maximum absolute atomic E-state index is 11.7. The minimum Gasteiger partial charge on any atom is -0.352 e.